The zero-order valence-corrected chi connectivity index (χ0v) is 11.0. The molecule has 0 aromatic heterocycles. The smallest absolute Gasteiger partial charge is 0.222 e. The Morgan fingerprint density at radius 1 is 1.28 bits per heavy atom. The van der Waals surface area contributed by atoms with Crippen LogP contribution >= 0.6 is 0 Å². The molecule has 0 fully saturated rings. The summed E-state index contributed by atoms with van der Waals surface area (Å²) in [6, 6.07) is 6.17. The van der Waals surface area contributed by atoms with E-state index >= 15 is 0 Å². The highest BCUT2D eigenvalue weighted by molar-refractivity contribution is 5.62. The predicted molar refractivity (Wildman–Crippen MR) is 72.6 cm³/mol. The number of hydrogen-bond acceptors (Lipinski definition) is 3. The monoisotopic (exact) mass is 245 g/mol. The van der Waals surface area contributed by atoms with Crippen LogP contribution in [0.5, 0.6) is 0 Å². The van der Waals surface area contributed by atoms with Crippen LogP contribution in [0.1, 0.15) is 25.0 Å². The van der Waals surface area contributed by atoms with E-state index in [9.17, 15) is 0 Å². The van der Waals surface area contributed by atoms with E-state index in [2.05, 4.69) is 23.2 Å². The molecule has 0 amide bonds. The number of ether oxygens (including phenoxy) is 2. The zero-order chi connectivity index (χ0) is 12.8. The van der Waals surface area contributed by atoms with Gasteiger partial charge in [-0.2, -0.15) is 0 Å². The maximum absolute atomic E-state index is 5.41. The van der Waals surface area contributed by atoms with Crippen molar-refractivity contribution in [1.82, 2.24) is 0 Å². The lowest BCUT2D eigenvalue weighted by molar-refractivity contribution is -0.0969. The van der Waals surface area contributed by atoms with Gasteiger partial charge in [0.15, 0.2) is 0 Å². The summed E-state index contributed by atoms with van der Waals surface area (Å²) in [4.78, 5) is 0. The molecule has 0 saturated heterocycles. The van der Waals surface area contributed by atoms with Crippen LogP contribution in [0.15, 0.2) is 18.2 Å². The van der Waals surface area contributed by atoms with Gasteiger partial charge in [-0.15, -0.1) is 0 Å². The second kappa shape index (κ2) is 6.44. The van der Waals surface area contributed by atoms with Crippen LogP contribution in [-0.4, -0.2) is 26.0 Å². The number of rotatable bonds is 4. The van der Waals surface area contributed by atoms with Gasteiger partial charge in [0.25, 0.3) is 0 Å². The molecular weight excluding hydrogens is 226 g/mol. The first-order valence-electron chi connectivity index (χ1n) is 6.45. The van der Waals surface area contributed by atoms with Crippen molar-refractivity contribution in [2.24, 2.45) is 0 Å². The first kappa shape index (κ1) is 12.9. The molecule has 1 heterocycles. The van der Waals surface area contributed by atoms with E-state index in [0.717, 1.165) is 18.5 Å². The molecule has 2 rings (SSSR count). The lowest BCUT2D eigenvalue weighted by atomic mass is 10.1. The second-order valence-electron chi connectivity index (χ2n) is 4.02. The Morgan fingerprint density at radius 2 is 2.06 bits per heavy atom. The van der Waals surface area contributed by atoms with Crippen LogP contribution in [0.2, 0.25) is 0 Å². The molecule has 3 nitrogen and oxygen atoms in total. The van der Waals surface area contributed by atoms with E-state index in [1.165, 1.54) is 11.3 Å². The van der Waals surface area contributed by atoms with Crippen LogP contribution in [-0.2, 0) is 15.9 Å². The van der Waals surface area contributed by atoms with Crippen molar-refractivity contribution in [3.63, 3.8) is 0 Å². The molecule has 1 N–H and O–H groups in total. The molecule has 1 aromatic carbocycles. The summed E-state index contributed by atoms with van der Waals surface area (Å²) in [5, 5.41) is 3.35. The van der Waals surface area contributed by atoms with Crippen molar-refractivity contribution in [3.05, 3.63) is 29.3 Å². The van der Waals surface area contributed by atoms with Crippen LogP contribution in [0.4, 0.5) is 5.69 Å². The van der Waals surface area contributed by atoms with E-state index in [4.69, 9.17) is 9.47 Å². The number of benzene rings is 1. The molecule has 0 saturated carbocycles. The highest BCUT2D eigenvalue weighted by Gasteiger charge is 2.12. The predicted octanol–water partition coefficient (Wildman–Crippen LogP) is 2.41. The van der Waals surface area contributed by atoms with Crippen molar-refractivity contribution in [1.29, 1.82) is 0 Å². The van der Waals surface area contributed by atoms with E-state index in [1.54, 1.807) is 0 Å². The lowest BCUT2D eigenvalue weighted by Gasteiger charge is -2.09. The lowest BCUT2D eigenvalue weighted by Crippen LogP contribution is -2.14. The molecule has 1 aliphatic heterocycles. The van der Waals surface area contributed by atoms with Gasteiger partial charge in [-0.3, -0.25) is 0 Å². The fourth-order valence-electron chi connectivity index (χ4n) is 2.03. The summed E-state index contributed by atoms with van der Waals surface area (Å²) in [5.74, 6) is 6.22. The summed E-state index contributed by atoms with van der Waals surface area (Å²) in [7, 11) is 0. The van der Waals surface area contributed by atoms with Crippen LogP contribution in [0.3, 0.4) is 0 Å². The van der Waals surface area contributed by atoms with Crippen molar-refractivity contribution >= 4 is 5.69 Å². The van der Waals surface area contributed by atoms with Crippen LogP contribution in [0, 0.1) is 11.8 Å². The second-order valence-corrected chi connectivity index (χ2v) is 4.02. The van der Waals surface area contributed by atoms with Gasteiger partial charge in [-0.25, -0.2) is 0 Å². The average molecular weight is 245 g/mol. The highest BCUT2D eigenvalue weighted by atomic mass is 16.7. The Bertz CT molecular complexity index is 453. The van der Waals surface area contributed by atoms with E-state index in [1.807, 2.05) is 26.0 Å². The Morgan fingerprint density at radius 3 is 2.78 bits per heavy atom. The molecule has 0 spiro atoms. The Hall–Kier alpha value is -1.50. The standard InChI is InChI=1S/C15H19NO2/c1-3-17-15(18-4-2)9-8-12-6-5-7-14-13(12)10-11-16-14/h5-7,15-16H,3-4,10-11H2,1-2H3. The van der Waals surface area contributed by atoms with Crippen molar-refractivity contribution in [2.75, 3.05) is 25.1 Å². The third kappa shape index (κ3) is 3.04. The molecule has 3 heteroatoms. The van der Waals surface area contributed by atoms with Crippen molar-refractivity contribution in [2.45, 2.75) is 26.6 Å². The van der Waals surface area contributed by atoms with E-state index < -0.39 is 6.29 Å². The maximum atomic E-state index is 5.41. The Balaban J connectivity index is 2.16. The van der Waals surface area contributed by atoms with Crippen molar-refractivity contribution in [3.8, 4) is 11.8 Å². The average Bonchev–Trinajstić information content (AvgIpc) is 2.85. The summed E-state index contributed by atoms with van der Waals surface area (Å²) in [6.45, 7) is 6.09. The summed E-state index contributed by atoms with van der Waals surface area (Å²) < 4.78 is 10.8. The third-order valence-corrected chi connectivity index (χ3v) is 2.83. The van der Waals surface area contributed by atoms with Gasteiger partial charge in [0, 0.05) is 31.0 Å². The summed E-state index contributed by atoms with van der Waals surface area (Å²) in [6.07, 6.45) is 0.610. The first-order valence-corrected chi connectivity index (χ1v) is 6.45. The van der Waals surface area contributed by atoms with Crippen molar-refractivity contribution < 1.29 is 9.47 Å². The zero-order valence-electron chi connectivity index (χ0n) is 11.0. The Kier molecular flexibility index (Phi) is 4.63. The van der Waals surface area contributed by atoms with Gasteiger partial charge in [0.05, 0.1) is 0 Å². The van der Waals surface area contributed by atoms with Gasteiger partial charge >= 0.3 is 0 Å². The molecule has 18 heavy (non-hydrogen) atoms. The summed E-state index contributed by atoms with van der Waals surface area (Å²) in [5.41, 5.74) is 3.57. The minimum absolute atomic E-state index is 0.426. The van der Waals surface area contributed by atoms with Gasteiger partial charge in [-0.05, 0) is 43.9 Å². The minimum Gasteiger partial charge on any atom is -0.384 e. The molecule has 0 unspecified atom stereocenters. The molecule has 0 radical (unpaired) electrons. The quantitative estimate of drug-likeness (QED) is 0.652. The highest BCUT2D eigenvalue weighted by Crippen LogP contribution is 2.24. The van der Waals surface area contributed by atoms with Gasteiger partial charge in [0.1, 0.15) is 0 Å². The molecular formula is C15H19NO2. The normalized spacial score (nSPS) is 12.8. The summed E-state index contributed by atoms with van der Waals surface area (Å²) >= 11 is 0. The third-order valence-electron chi connectivity index (χ3n) is 2.83. The number of nitrogens with one attached hydrogen (secondary N) is 1. The molecule has 0 aliphatic carbocycles. The van der Waals surface area contributed by atoms with Gasteiger partial charge in [0.2, 0.25) is 6.29 Å². The van der Waals surface area contributed by atoms with Gasteiger partial charge < -0.3 is 14.8 Å². The SMILES string of the molecule is CCOC(C#Cc1cccc2c1CCN2)OCC. The topological polar surface area (TPSA) is 30.5 Å². The van der Waals surface area contributed by atoms with Gasteiger partial charge in [-0.1, -0.05) is 12.0 Å². The minimum atomic E-state index is -0.426. The fraction of sp³-hybridized carbons (Fsp3) is 0.467. The van der Waals surface area contributed by atoms with Crippen LogP contribution < -0.4 is 5.32 Å². The molecule has 1 aliphatic rings. The fourth-order valence-corrected chi connectivity index (χ4v) is 2.03. The number of fused-ring (bicyclic) bond motifs is 1. The van der Waals surface area contributed by atoms with Crippen LogP contribution in [0.25, 0.3) is 0 Å². The molecule has 0 bridgehead atoms. The molecule has 96 valence electrons. The van der Waals surface area contributed by atoms with E-state index in [-0.39, 0.29) is 0 Å². The number of hydrogen-bond donors (Lipinski definition) is 1. The first-order chi connectivity index (χ1) is 8.85. The Labute approximate surface area is 108 Å². The maximum Gasteiger partial charge on any atom is 0.222 e. The number of anilines is 1. The molecule has 0 atom stereocenters. The molecule has 1 aromatic rings. The van der Waals surface area contributed by atoms with E-state index in [0.29, 0.717) is 13.2 Å². The largest absolute Gasteiger partial charge is 0.384 e.